The molecule has 2 aliphatic rings. The van der Waals surface area contributed by atoms with E-state index in [2.05, 4.69) is 4.90 Å². The lowest BCUT2D eigenvalue weighted by Gasteiger charge is -2.17. The lowest BCUT2D eigenvalue weighted by molar-refractivity contribution is -0.0160. The first kappa shape index (κ1) is 6.04. The number of nitrogens with zero attached hydrogens (tertiary/aromatic N) is 1. The fourth-order valence-corrected chi connectivity index (χ4v) is 1.25. The van der Waals surface area contributed by atoms with Crippen molar-refractivity contribution in [1.29, 1.82) is 0 Å². The van der Waals surface area contributed by atoms with E-state index >= 15 is 0 Å². The molecular formula is C7H10NO2. The number of rotatable bonds is 1. The molecule has 0 aliphatic carbocycles. The third-order valence-corrected chi connectivity index (χ3v) is 1.76. The van der Waals surface area contributed by atoms with Crippen molar-refractivity contribution in [2.75, 3.05) is 13.1 Å². The molecule has 3 heteroatoms. The largest absolute Gasteiger partial charge is 0.437 e. The summed E-state index contributed by atoms with van der Waals surface area (Å²) in [5, 5.41) is 0. The fourth-order valence-electron chi connectivity index (χ4n) is 1.25. The molecule has 0 bridgehead atoms. The van der Waals surface area contributed by atoms with Gasteiger partial charge in [0.05, 0.1) is 0 Å². The molecule has 55 valence electrons. The summed E-state index contributed by atoms with van der Waals surface area (Å²) >= 11 is 0. The van der Waals surface area contributed by atoms with E-state index in [9.17, 15) is 0 Å². The van der Waals surface area contributed by atoms with E-state index in [0.29, 0.717) is 6.41 Å². The molecule has 3 nitrogen and oxygen atoms in total. The molecule has 0 aromatic carbocycles. The van der Waals surface area contributed by atoms with Crippen LogP contribution in [0.1, 0.15) is 12.8 Å². The summed E-state index contributed by atoms with van der Waals surface area (Å²) in [4.78, 5) is 2.11. The predicted octanol–water partition coefficient (Wildman–Crippen LogP) is 1.05. The lowest BCUT2D eigenvalue weighted by atomic mass is 10.4. The van der Waals surface area contributed by atoms with Crippen LogP contribution >= 0.6 is 0 Å². The fraction of sp³-hybridized carbons (Fsp3) is 0.571. The van der Waals surface area contributed by atoms with Gasteiger partial charge in [-0.05, 0) is 12.8 Å². The molecule has 0 saturated carbocycles. The highest BCUT2D eigenvalue weighted by Crippen LogP contribution is 2.22. The first-order valence-corrected chi connectivity index (χ1v) is 3.57. The van der Waals surface area contributed by atoms with E-state index in [4.69, 9.17) is 9.47 Å². The molecule has 1 saturated heterocycles. The quantitative estimate of drug-likeness (QED) is 0.543. The minimum Gasteiger partial charge on any atom is -0.437 e. The molecule has 2 rings (SSSR count). The van der Waals surface area contributed by atoms with Gasteiger partial charge in [0, 0.05) is 13.1 Å². The Morgan fingerprint density at radius 3 is 2.30 bits per heavy atom. The van der Waals surface area contributed by atoms with Crippen molar-refractivity contribution in [3.63, 3.8) is 0 Å². The number of hydrogen-bond donors (Lipinski definition) is 0. The molecule has 2 heterocycles. The maximum atomic E-state index is 5.08. The van der Waals surface area contributed by atoms with Crippen LogP contribution in [-0.4, -0.2) is 18.0 Å². The first-order chi connectivity index (χ1) is 4.97. The van der Waals surface area contributed by atoms with Gasteiger partial charge in [-0.15, -0.1) is 0 Å². The smallest absolute Gasteiger partial charge is 0.414 e. The summed E-state index contributed by atoms with van der Waals surface area (Å²) in [6.45, 7) is 2.13. The average Bonchev–Trinajstić information content (AvgIpc) is 2.59. The van der Waals surface area contributed by atoms with Gasteiger partial charge < -0.3 is 9.47 Å². The molecule has 0 N–H and O–H groups in total. The molecule has 0 aromatic rings. The van der Waals surface area contributed by atoms with Gasteiger partial charge in [0.2, 0.25) is 0 Å². The Morgan fingerprint density at radius 2 is 1.70 bits per heavy atom. The second kappa shape index (κ2) is 2.50. The van der Waals surface area contributed by atoms with Crippen LogP contribution in [0, 0.1) is 6.41 Å². The summed E-state index contributed by atoms with van der Waals surface area (Å²) in [6, 6.07) is 0. The maximum absolute atomic E-state index is 5.08. The van der Waals surface area contributed by atoms with Gasteiger partial charge in [0.1, 0.15) is 12.5 Å². The summed E-state index contributed by atoms with van der Waals surface area (Å²) < 4.78 is 10.2. The number of ether oxygens (including phenoxy) is 2. The van der Waals surface area contributed by atoms with E-state index in [1.165, 1.54) is 12.8 Å². The summed E-state index contributed by atoms with van der Waals surface area (Å²) in [7, 11) is 0. The Hall–Kier alpha value is -0.700. The second-order valence-corrected chi connectivity index (χ2v) is 2.47. The highest BCUT2D eigenvalue weighted by molar-refractivity contribution is 4.85. The monoisotopic (exact) mass is 140 g/mol. The van der Waals surface area contributed by atoms with Gasteiger partial charge in [-0.3, -0.25) is 0 Å². The summed E-state index contributed by atoms with van der Waals surface area (Å²) in [5.74, 6) is 0. The topological polar surface area (TPSA) is 21.7 Å². The van der Waals surface area contributed by atoms with Crippen LogP contribution in [0.2, 0.25) is 0 Å². The molecule has 0 amide bonds. The van der Waals surface area contributed by atoms with Crippen LogP contribution in [-0.2, 0) is 9.47 Å². The zero-order chi connectivity index (χ0) is 6.81. The van der Waals surface area contributed by atoms with E-state index in [1.807, 2.05) is 0 Å². The van der Waals surface area contributed by atoms with Gasteiger partial charge in [-0.2, -0.15) is 0 Å². The molecule has 0 atom stereocenters. The van der Waals surface area contributed by atoms with Gasteiger partial charge in [0.25, 0.3) is 0 Å². The molecule has 1 fully saturated rings. The average molecular weight is 140 g/mol. The zero-order valence-corrected chi connectivity index (χ0v) is 5.75. The van der Waals surface area contributed by atoms with Crippen LogP contribution < -0.4 is 0 Å². The van der Waals surface area contributed by atoms with Crippen molar-refractivity contribution in [2.45, 2.75) is 12.8 Å². The summed E-state index contributed by atoms with van der Waals surface area (Å²) in [5.41, 5.74) is 0. The molecule has 10 heavy (non-hydrogen) atoms. The number of hydrogen-bond acceptors (Lipinski definition) is 3. The number of likely N-dealkylation sites (tertiary alicyclic amines) is 1. The SMILES string of the molecule is C1=CO[C](N2CCCC2)O1. The molecule has 0 spiro atoms. The first-order valence-electron chi connectivity index (χ1n) is 3.57. The highest BCUT2D eigenvalue weighted by Gasteiger charge is 2.28. The van der Waals surface area contributed by atoms with Gasteiger partial charge in [0.15, 0.2) is 0 Å². The minimum atomic E-state index is 0.650. The van der Waals surface area contributed by atoms with E-state index in [-0.39, 0.29) is 0 Å². The molecule has 0 aromatic heterocycles. The summed E-state index contributed by atoms with van der Waals surface area (Å²) in [6.07, 6.45) is 6.27. The van der Waals surface area contributed by atoms with Crippen molar-refractivity contribution in [1.82, 2.24) is 4.90 Å². The Bertz CT molecular complexity index is 133. The zero-order valence-electron chi connectivity index (χ0n) is 5.75. The minimum absolute atomic E-state index is 0.650. The normalized spacial score (nSPS) is 26.8. The van der Waals surface area contributed by atoms with Crippen LogP contribution in [0.25, 0.3) is 0 Å². The van der Waals surface area contributed by atoms with Crippen LogP contribution in [0.3, 0.4) is 0 Å². The van der Waals surface area contributed by atoms with Crippen molar-refractivity contribution in [3.8, 4) is 0 Å². The van der Waals surface area contributed by atoms with E-state index in [0.717, 1.165) is 13.1 Å². The van der Waals surface area contributed by atoms with Crippen molar-refractivity contribution in [3.05, 3.63) is 18.9 Å². The molecule has 2 aliphatic heterocycles. The van der Waals surface area contributed by atoms with Crippen LogP contribution in [0.15, 0.2) is 12.5 Å². The van der Waals surface area contributed by atoms with Gasteiger partial charge in [-0.1, -0.05) is 0 Å². The van der Waals surface area contributed by atoms with E-state index < -0.39 is 0 Å². The van der Waals surface area contributed by atoms with Crippen molar-refractivity contribution < 1.29 is 9.47 Å². The Labute approximate surface area is 60.2 Å². The molecule has 1 radical (unpaired) electrons. The van der Waals surface area contributed by atoms with Crippen molar-refractivity contribution >= 4 is 0 Å². The van der Waals surface area contributed by atoms with Gasteiger partial charge >= 0.3 is 6.41 Å². The Morgan fingerprint density at radius 1 is 1.10 bits per heavy atom. The highest BCUT2D eigenvalue weighted by atomic mass is 16.7. The second-order valence-electron chi connectivity index (χ2n) is 2.47. The van der Waals surface area contributed by atoms with Crippen LogP contribution in [0.5, 0.6) is 0 Å². The predicted molar refractivity (Wildman–Crippen MR) is 35.4 cm³/mol. The molecule has 0 unspecified atom stereocenters. The standard InChI is InChI=1S/C7H10NO2/c1-2-4-8(3-1)7-9-5-6-10-7/h5-6H,1-4H2. The van der Waals surface area contributed by atoms with Crippen molar-refractivity contribution in [2.24, 2.45) is 0 Å². The van der Waals surface area contributed by atoms with E-state index in [1.54, 1.807) is 12.5 Å². The Kier molecular flexibility index (Phi) is 1.51. The molecular weight excluding hydrogens is 130 g/mol. The third-order valence-electron chi connectivity index (χ3n) is 1.76. The maximum Gasteiger partial charge on any atom is 0.414 e. The van der Waals surface area contributed by atoms with Gasteiger partial charge in [-0.25, -0.2) is 4.90 Å². The lowest BCUT2D eigenvalue weighted by Crippen LogP contribution is -2.25. The Balaban J connectivity index is 1.87. The van der Waals surface area contributed by atoms with Crippen LogP contribution in [0.4, 0.5) is 0 Å². The third kappa shape index (κ3) is 0.968.